The molecule has 1 aliphatic rings. The molecule has 0 radical (unpaired) electrons. The van der Waals surface area contributed by atoms with Gasteiger partial charge in [-0.3, -0.25) is 0 Å². The van der Waals surface area contributed by atoms with Crippen molar-refractivity contribution in [2.24, 2.45) is 0 Å². The fraction of sp³-hybridized carbons (Fsp3) is 0.375. The zero-order chi connectivity index (χ0) is 18.1. The summed E-state index contributed by atoms with van der Waals surface area (Å²) in [5.74, 6) is 0.259. The molecule has 25 heavy (non-hydrogen) atoms. The van der Waals surface area contributed by atoms with Crippen LogP contribution in [0, 0.1) is 0 Å². The van der Waals surface area contributed by atoms with Gasteiger partial charge in [0.2, 0.25) is 10.0 Å². The Morgan fingerprint density at radius 2 is 1.68 bits per heavy atom. The van der Waals surface area contributed by atoms with Gasteiger partial charge in [-0.25, -0.2) is 16.8 Å². The second-order valence-corrected chi connectivity index (χ2v) is 11.1. The molecule has 3 rings (SSSR count). The van der Waals surface area contributed by atoms with Crippen molar-refractivity contribution in [2.75, 3.05) is 13.1 Å². The number of benzene rings is 1. The van der Waals surface area contributed by atoms with Gasteiger partial charge in [0.25, 0.3) is 0 Å². The summed E-state index contributed by atoms with van der Waals surface area (Å²) < 4.78 is 57.6. The summed E-state index contributed by atoms with van der Waals surface area (Å²) >= 11 is 3.28. The first-order valence-corrected chi connectivity index (χ1v) is 11.7. The molecule has 0 amide bonds. The quantitative estimate of drug-likeness (QED) is 0.703. The molecule has 6 nitrogen and oxygen atoms in total. The monoisotopic (exact) mass is 447 g/mol. The van der Waals surface area contributed by atoms with Crippen molar-refractivity contribution in [3.05, 3.63) is 52.9 Å². The number of hydrogen-bond donors (Lipinski definition) is 0. The molecule has 1 aromatic heterocycles. The molecule has 1 saturated heterocycles. The molecule has 9 heteroatoms. The molecule has 1 fully saturated rings. The fourth-order valence-corrected chi connectivity index (χ4v) is 6.36. The highest BCUT2D eigenvalue weighted by Gasteiger charge is 2.35. The SMILES string of the molecule is O=S(=O)(Cc1ccco1)C1CCN(S(=O)(=O)c2ccc(Br)cc2)CC1. The summed E-state index contributed by atoms with van der Waals surface area (Å²) in [6.07, 6.45) is 2.02. The van der Waals surface area contributed by atoms with Crippen LogP contribution in [-0.4, -0.2) is 39.5 Å². The summed E-state index contributed by atoms with van der Waals surface area (Å²) in [6, 6.07) is 9.71. The van der Waals surface area contributed by atoms with Crippen LogP contribution in [0.3, 0.4) is 0 Å². The molecule has 136 valence electrons. The minimum absolute atomic E-state index is 0.149. The van der Waals surface area contributed by atoms with E-state index in [4.69, 9.17) is 4.42 Å². The predicted molar refractivity (Wildman–Crippen MR) is 97.3 cm³/mol. The van der Waals surface area contributed by atoms with E-state index >= 15 is 0 Å². The van der Waals surface area contributed by atoms with Crippen LogP contribution in [0.2, 0.25) is 0 Å². The molecular weight excluding hydrogens is 430 g/mol. The van der Waals surface area contributed by atoms with Crippen LogP contribution >= 0.6 is 15.9 Å². The summed E-state index contributed by atoms with van der Waals surface area (Å²) in [4.78, 5) is 0.215. The van der Waals surface area contributed by atoms with Gasteiger partial charge in [0.1, 0.15) is 11.5 Å². The smallest absolute Gasteiger partial charge is 0.243 e. The van der Waals surface area contributed by atoms with Crippen LogP contribution in [0.4, 0.5) is 0 Å². The van der Waals surface area contributed by atoms with Crippen molar-refractivity contribution in [1.82, 2.24) is 4.31 Å². The van der Waals surface area contributed by atoms with Gasteiger partial charge >= 0.3 is 0 Å². The van der Waals surface area contributed by atoms with Crippen molar-refractivity contribution >= 4 is 35.8 Å². The lowest BCUT2D eigenvalue weighted by atomic mass is 10.2. The standard InChI is InChI=1S/C16H18BrNO5S2/c17-13-3-5-16(6-4-13)25(21,22)18-9-7-15(8-10-18)24(19,20)12-14-2-1-11-23-14/h1-6,11,15H,7-10,12H2. The molecule has 0 aliphatic carbocycles. The molecule has 0 N–H and O–H groups in total. The third-order valence-electron chi connectivity index (χ3n) is 4.28. The highest BCUT2D eigenvalue weighted by atomic mass is 79.9. The molecule has 0 bridgehead atoms. The first-order valence-electron chi connectivity index (χ1n) is 7.79. The molecule has 0 atom stereocenters. The third-order valence-corrected chi connectivity index (χ3v) is 8.90. The summed E-state index contributed by atoms with van der Waals surface area (Å²) in [7, 11) is -6.97. The first kappa shape index (κ1) is 18.6. The Hall–Kier alpha value is -1.16. The minimum Gasteiger partial charge on any atom is -0.468 e. The van der Waals surface area contributed by atoms with E-state index < -0.39 is 25.1 Å². The lowest BCUT2D eigenvalue weighted by Gasteiger charge is -2.30. The van der Waals surface area contributed by atoms with Crippen LogP contribution in [0.1, 0.15) is 18.6 Å². The van der Waals surface area contributed by atoms with Crippen LogP contribution in [0.25, 0.3) is 0 Å². The lowest BCUT2D eigenvalue weighted by Crippen LogP contribution is -2.42. The topological polar surface area (TPSA) is 84.7 Å². The highest BCUT2D eigenvalue weighted by molar-refractivity contribution is 9.10. The van der Waals surface area contributed by atoms with E-state index in [1.54, 1.807) is 36.4 Å². The van der Waals surface area contributed by atoms with Crippen LogP contribution in [0.15, 0.2) is 56.4 Å². The Morgan fingerprint density at radius 1 is 1.04 bits per heavy atom. The van der Waals surface area contributed by atoms with Crippen molar-refractivity contribution in [2.45, 2.75) is 28.7 Å². The van der Waals surface area contributed by atoms with Gasteiger partial charge in [0.05, 0.1) is 16.4 Å². The maximum absolute atomic E-state index is 12.7. The normalized spacial score (nSPS) is 17.6. The number of hydrogen-bond acceptors (Lipinski definition) is 5. The van der Waals surface area contributed by atoms with E-state index in [2.05, 4.69) is 15.9 Å². The molecule has 1 aliphatic heterocycles. The maximum Gasteiger partial charge on any atom is 0.243 e. The predicted octanol–water partition coefficient (Wildman–Crippen LogP) is 2.81. The molecular formula is C16H18BrNO5S2. The Balaban J connectivity index is 1.68. The molecule has 2 heterocycles. The van der Waals surface area contributed by atoms with Gasteiger partial charge in [0.15, 0.2) is 9.84 Å². The lowest BCUT2D eigenvalue weighted by molar-refractivity contribution is 0.345. The highest BCUT2D eigenvalue weighted by Crippen LogP contribution is 2.26. The number of piperidine rings is 1. The number of nitrogens with zero attached hydrogens (tertiary/aromatic N) is 1. The maximum atomic E-state index is 12.7. The van der Waals surface area contributed by atoms with E-state index in [1.165, 1.54) is 10.6 Å². The van der Waals surface area contributed by atoms with E-state index in [1.807, 2.05) is 0 Å². The molecule has 0 saturated carbocycles. The second kappa shape index (κ2) is 7.22. The molecule has 0 unspecified atom stereocenters. The number of furan rings is 1. The fourth-order valence-electron chi connectivity index (χ4n) is 2.90. The molecule has 0 spiro atoms. The minimum atomic E-state index is -3.60. The second-order valence-electron chi connectivity index (χ2n) is 5.94. The van der Waals surface area contributed by atoms with Crippen LogP contribution in [-0.2, 0) is 25.6 Å². The zero-order valence-electron chi connectivity index (χ0n) is 13.3. The number of halogens is 1. The van der Waals surface area contributed by atoms with Crippen molar-refractivity contribution in [3.8, 4) is 0 Å². The Labute approximate surface area is 155 Å². The van der Waals surface area contributed by atoms with Gasteiger partial charge in [-0.2, -0.15) is 4.31 Å². The van der Waals surface area contributed by atoms with Crippen molar-refractivity contribution in [3.63, 3.8) is 0 Å². The largest absolute Gasteiger partial charge is 0.468 e. The van der Waals surface area contributed by atoms with E-state index in [9.17, 15) is 16.8 Å². The van der Waals surface area contributed by atoms with E-state index in [0.717, 1.165) is 4.47 Å². The molecule has 1 aromatic carbocycles. The summed E-state index contributed by atoms with van der Waals surface area (Å²) in [6.45, 7) is 0.390. The Bertz CT molecular complexity index is 913. The van der Waals surface area contributed by atoms with Crippen LogP contribution < -0.4 is 0 Å². The number of sulfone groups is 1. The van der Waals surface area contributed by atoms with Gasteiger partial charge < -0.3 is 4.42 Å². The Kier molecular flexibility index (Phi) is 5.38. The number of sulfonamides is 1. The van der Waals surface area contributed by atoms with Crippen LogP contribution in [0.5, 0.6) is 0 Å². The summed E-state index contributed by atoms with van der Waals surface area (Å²) in [5, 5.41) is -0.547. The van der Waals surface area contributed by atoms with Gasteiger partial charge in [-0.1, -0.05) is 15.9 Å². The average Bonchev–Trinajstić information content (AvgIpc) is 3.07. The zero-order valence-corrected chi connectivity index (χ0v) is 16.6. The van der Waals surface area contributed by atoms with E-state index in [-0.39, 0.29) is 23.7 Å². The molecule has 2 aromatic rings. The van der Waals surface area contributed by atoms with E-state index in [0.29, 0.717) is 18.6 Å². The van der Waals surface area contributed by atoms with Gasteiger partial charge in [-0.15, -0.1) is 0 Å². The van der Waals surface area contributed by atoms with Crippen molar-refractivity contribution in [1.29, 1.82) is 0 Å². The van der Waals surface area contributed by atoms with Crippen molar-refractivity contribution < 1.29 is 21.3 Å². The van der Waals surface area contributed by atoms with Gasteiger partial charge in [0, 0.05) is 17.6 Å². The summed E-state index contributed by atoms with van der Waals surface area (Å²) in [5.41, 5.74) is 0. The Morgan fingerprint density at radius 3 is 2.24 bits per heavy atom. The third kappa shape index (κ3) is 4.16. The average molecular weight is 448 g/mol. The number of rotatable bonds is 5. The van der Waals surface area contributed by atoms with Gasteiger partial charge in [-0.05, 0) is 49.2 Å². The first-order chi connectivity index (χ1) is 11.8.